The predicted octanol–water partition coefficient (Wildman–Crippen LogP) is 2.14. The van der Waals surface area contributed by atoms with Crippen molar-refractivity contribution in [2.45, 2.75) is 25.4 Å². The monoisotopic (exact) mass is 258 g/mol. The molecule has 1 aromatic carbocycles. The normalized spacial score (nSPS) is 18.9. The molecule has 19 heavy (non-hydrogen) atoms. The van der Waals surface area contributed by atoms with Gasteiger partial charge in [0.2, 0.25) is 5.91 Å². The molecular weight excluding hydrogens is 240 g/mol. The van der Waals surface area contributed by atoms with Gasteiger partial charge in [0.1, 0.15) is 11.3 Å². The molecule has 100 valence electrons. The van der Waals surface area contributed by atoms with Crippen LogP contribution in [-0.4, -0.2) is 30.4 Å². The number of fused-ring (bicyclic) bond motifs is 1. The van der Waals surface area contributed by atoms with Crippen LogP contribution in [-0.2, 0) is 11.3 Å². The minimum atomic E-state index is -0.0191. The molecule has 1 atom stereocenters. The molecule has 1 aliphatic heterocycles. The van der Waals surface area contributed by atoms with E-state index in [2.05, 4.69) is 5.32 Å². The molecule has 4 nitrogen and oxygen atoms in total. The number of hydrogen-bond donors (Lipinski definition) is 1. The molecule has 0 radical (unpaired) electrons. The fourth-order valence-corrected chi connectivity index (χ4v) is 2.59. The summed E-state index contributed by atoms with van der Waals surface area (Å²) >= 11 is 0. The zero-order valence-corrected chi connectivity index (χ0v) is 11.1. The number of nitrogens with one attached hydrogen (secondary N) is 1. The third kappa shape index (κ3) is 2.49. The van der Waals surface area contributed by atoms with E-state index in [1.54, 1.807) is 4.90 Å². The summed E-state index contributed by atoms with van der Waals surface area (Å²) in [6.07, 6.45) is 2.01. The third-order valence-electron chi connectivity index (χ3n) is 3.60. The van der Waals surface area contributed by atoms with Crippen LogP contribution in [0, 0.1) is 0 Å². The summed E-state index contributed by atoms with van der Waals surface area (Å²) in [4.78, 5) is 13.9. The summed E-state index contributed by atoms with van der Waals surface area (Å²) in [7, 11) is 1.83. The van der Waals surface area contributed by atoms with E-state index in [0.29, 0.717) is 6.54 Å². The van der Waals surface area contributed by atoms with Crippen LogP contribution < -0.4 is 5.32 Å². The molecule has 1 aliphatic rings. The van der Waals surface area contributed by atoms with Crippen LogP contribution in [0.3, 0.4) is 0 Å². The highest BCUT2D eigenvalue weighted by Gasteiger charge is 2.25. The first-order valence-electron chi connectivity index (χ1n) is 6.70. The number of furan rings is 1. The Morgan fingerprint density at radius 1 is 1.47 bits per heavy atom. The molecule has 2 aromatic rings. The highest BCUT2D eigenvalue weighted by Crippen LogP contribution is 2.20. The van der Waals surface area contributed by atoms with Crippen LogP contribution in [0.15, 0.2) is 34.7 Å². The topological polar surface area (TPSA) is 45.5 Å². The fourth-order valence-electron chi connectivity index (χ4n) is 2.59. The van der Waals surface area contributed by atoms with E-state index in [4.69, 9.17) is 4.42 Å². The summed E-state index contributed by atoms with van der Waals surface area (Å²) in [5, 5.41) is 4.31. The minimum Gasteiger partial charge on any atom is -0.459 e. The summed E-state index contributed by atoms with van der Waals surface area (Å²) < 4.78 is 5.74. The lowest BCUT2D eigenvalue weighted by Crippen LogP contribution is -2.41. The van der Waals surface area contributed by atoms with Crippen LogP contribution >= 0.6 is 0 Å². The molecule has 0 spiro atoms. The lowest BCUT2D eigenvalue weighted by Gasteiger charge is -2.19. The smallest absolute Gasteiger partial charge is 0.239 e. The van der Waals surface area contributed by atoms with E-state index in [1.807, 2.05) is 37.4 Å². The number of carbonyl (C=O) groups is 1. The second-order valence-corrected chi connectivity index (χ2v) is 5.09. The van der Waals surface area contributed by atoms with Gasteiger partial charge in [0.25, 0.3) is 0 Å². The van der Waals surface area contributed by atoms with Gasteiger partial charge < -0.3 is 14.6 Å². The molecule has 2 heterocycles. The molecule has 0 bridgehead atoms. The molecular formula is C15H18N2O2. The molecule has 1 fully saturated rings. The average Bonchev–Trinajstić information content (AvgIpc) is 3.06. The minimum absolute atomic E-state index is 0.0191. The Morgan fingerprint density at radius 2 is 2.32 bits per heavy atom. The standard InChI is InChI=1S/C15H18N2O2/c1-17(15(18)13-6-4-8-16-13)10-12-9-11-5-2-3-7-14(11)19-12/h2-3,5,7,9,13,16H,4,6,8,10H2,1H3. The van der Waals surface area contributed by atoms with E-state index in [1.165, 1.54) is 0 Å². The maximum absolute atomic E-state index is 12.2. The Morgan fingerprint density at radius 3 is 3.05 bits per heavy atom. The van der Waals surface area contributed by atoms with E-state index in [-0.39, 0.29) is 11.9 Å². The molecule has 3 rings (SSSR count). The molecule has 4 heteroatoms. The van der Waals surface area contributed by atoms with Gasteiger partial charge in [0.05, 0.1) is 12.6 Å². The SMILES string of the molecule is CN(Cc1cc2ccccc2o1)C(=O)C1CCCN1. The summed E-state index contributed by atoms with van der Waals surface area (Å²) in [5.74, 6) is 0.980. The summed E-state index contributed by atoms with van der Waals surface area (Å²) in [6, 6.07) is 9.88. The number of likely N-dealkylation sites (N-methyl/N-ethyl adjacent to an activating group) is 1. The number of benzene rings is 1. The number of para-hydroxylation sites is 1. The Hall–Kier alpha value is -1.81. The molecule has 1 saturated heterocycles. The van der Waals surface area contributed by atoms with Crippen LogP contribution in [0.4, 0.5) is 0 Å². The first-order chi connectivity index (χ1) is 9.24. The van der Waals surface area contributed by atoms with Gasteiger partial charge in [-0.2, -0.15) is 0 Å². The summed E-state index contributed by atoms with van der Waals surface area (Å²) in [5.41, 5.74) is 0.873. The number of rotatable bonds is 3. The zero-order valence-electron chi connectivity index (χ0n) is 11.1. The van der Waals surface area contributed by atoms with E-state index < -0.39 is 0 Å². The van der Waals surface area contributed by atoms with E-state index in [9.17, 15) is 4.79 Å². The molecule has 1 N–H and O–H groups in total. The number of amides is 1. The van der Waals surface area contributed by atoms with Gasteiger partial charge >= 0.3 is 0 Å². The fraction of sp³-hybridized carbons (Fsp3) is 0.400. The second kappa shape index (κ2) is 5.05. The van der Waals surface area contributed by atoms with Crippen molar-refractivity contribution in [2.24, 2.45) is 0 Å². The van der Waals surface area contributed by atoms with Crippen molar-refractivity contribution in [3.8, 4) is 0 Å². The van der Waals surface area contributed by atoms with Crippen molar-refractivity contribution in [3.63, 3.8) is 0 Å². The van der Waals surface area contributed by atoms with Gasteiger partial charge in [0, 0.05) is 12.4 Å². The first kappa shape index (κ1) is 12.2. The Labute approximate surface area is 112 Å². The van der Waals surface area contributed by atoms with Crippen molar-refractivity contribution in [1.29, 1.82) is 0 Å². The van der Waals surface area contributed by atoms with Crippen molar-refractivity contribution in [2.75, 3.05) is 13.6 Å². The highest BCUT2D eigenvalue weighted by atomic mass is 16.3. The predicted molar refractivity (Wildman–Crippen MR) is 73.7 cm³/mol. The van der Waals surface area contributed by atoms with Crippen molar-refractivity contribution in [1.82, 2.24) is 10.2 Å². The van der Waals surface area contributed by atoms with Crippen molar-refractivity contribution >= 4 is 16.9 Å². The molecule has 1 aromatic heterocycles. The quantitative estimate of drug-likeness (QED) is 0.917. The van der Waals surface area contributed by atoms with Crippen molar-refractivity contribution in [3.05, 3.63) is 36.1 Å². The van der Waals surface area contributed by atoms with E-state index in [0.717, 1.165) is 36.1 Å². The van der Waals surface area contributed by atoms with Gasteiger partial charge in [-0.3, -0.25) is 4.79 Å². The third-order valence-corrected chi connectivity index (χ3v) is 3.60. The lowest BCUT2D eigenvalue weighted by atomic mass is 10.2. The number of hydrogen-bond acceptors (Lipinski definition) is 3. The number of nitrogens with zero attached hydrogens (tertiary/aromatic N) is 1. The highest BCUT2D eigenvalue weighted by molar-refractivity contribution is 5.82. The van der Waals surface area contributed by atoms with Gasteiger partial charge in [-0.1, -0.05) is 18.2 Å². The maximum Gasteiger partial charge on any atom is 0.239 e. The zero-order chi connectivity index (χ0) is 13.2. The first-order valence-corrected chi connectivity index (χ1v) is 6.70. The van der Waals surface area contributed by atoms with Gasteiger partial charge in [-0.15, -0.1) is 0 Å². The van der Waals surface area contributed by atoms with Crippen LogP contribution in [0.2, 0.25) is 0 Å². The van der Waals surface area contributed by atoms with Crippen molar-refractivity contribution < 1.29 is 9.21 Å². The Balaban J connectivity index is 1.71. The van der Waals surface area contributed by atoms with Crippen LogP contribution in [0.1, 0.15) is 18.6 Å². The molecule has 1 unspecified atom stereocenters. The van der Waals surface area contributed by atoms with Gasteiger partial charge in [-0.25, -0.2) is 0 Å². The molecule has 1 amide bonds. The van der Waals surface area contributed by atoms with Crippen LogP contribution in [0.5, 0.6) is 0 Å². The van der Waals surface area contributed by atoms with Gasteiger partial charge in [-0.05, 0) is 31.5 Å². The lowest BCUT2D eigenvalue weighted by molar-refractivity contribution is -0.132. The Kier molecular flexibility index (Phi) is 3.25. The molecule has 0 saturated carbocycles. The summed E-state index contributed by atoms with van der Waals surface area (Å²) in [6.45, 7) is 1.46. The Bertz CT molecular complexity index is 552. The van der Waals surface area contributed by atoms with Gasteiger partial charge in [0.15, 0.2) is 0 Å². The average molecular weight is 258 g/mol. The maximum atomic E-state index is 12.2. The second-order valence-electron chi connectivity index (χ2n) is 5.09. The van der Waals surface area contributed by atoms with E-state index >= 15 is 0 Å². The largest absolute Gasteiger partial charge is 0.459 e. The molecule has 0 aliphatic carbocycles. The number of carbonyl (C=O) groups excluding carboxylic acids is 1. The van der Waals surface area contributed by atoms with Crippen LogP contribution in [0.25, 0.3) is 11.0 Å².